The Morgan fingerprint density at radius 1 is 0.719 bits per heavy atom. The molecule has 0 saturated carbocycles. The van der Waals surface area contributed by atoms with Gasteiger partial charge in [-0.2, -0.15) is 0 Å². The highest BCUT2D eigenvalue weighted by molar-refractivity contribution is 5.63. The average molecular weight is 427 g/mol. The van der Waals surface area contributed by atoms with Crippen LogP contribution in [0.25, 0.3) is 11.1 Å². The van der Waals surface area contributed by atoms with Gasteiger partial charge in [0, 0.05) is 5.41 Å². The third-order valence-electron chi connectivity index (χ3n) is 5.47. The van der Waals surface area contributed by atoms with E-state index in [4.69, 9.17) is 9.47 Å². The van der Waals surface area contributed by atoms with E-state index in [1.165, 1.54) is 22.8 Å². The molecule has 0 N–H and O–H groups in total. The molecule has 0 aliphatic heterocycles. The standard InChI is InChI=1S/C29H27FO2/c1-29(2,25-16-14-24(15-17-25)23-9-5-3-6-10-23)21-31-20-22-13-18-27(30)28(19-22)32-26-11-7-4-8-12-26/h3-19H,20-21H2,1-2H3. The van der Waals surface area contributed by atoms with Crippen LogP contribution in [0, 0.1) is 5.82 Å². The van der Waals surface area contributed by atoms with Crippen LogP contribution in [0.3, 0.4) is 0 Å². The molecular weight excluding hydrogens is 399 g/mol. The lowest BCUT2D eigenvalue weighted by atomic mass is 9.85. The maximum atomic E-state index is 14.2. The summed E-state index contributed by atoms with van der Waals surface area (Å²) in [6.45, 7) is 5.26. The van der Waals surface area contributed by atoms with Crippen LogP contribution in [0.15, 0.2) is 103 Å². The van der Waals surface area contributed by atoms with Gasteiger partial charge >= 0.3 is 0 Å². The van der Waals surface area contributed by atoms with Crippen molar-refractivity contribution in [2.45, 2.75) is 25.9 Å². The molecule has 0 aromatic heterocycles. The summed E-state index contributed by atoms with van der Waals surface area (Å²) < 4.78 is 25.9. The summed E-state index contributed by atoms with van der Waals surface area (Å²) in [5.41, 5.74) is 4.33. The molecule has 4 aromatic rings. The van der Waals surface area contributed by atoms with Gasteiger partial charge in [0.15, 0.2) is 11.6 Å². The molecule has 162 valence electrons. The second-order valence-corrected chi connectivity index (χ2v) is 8.50. The van der Waals surface area contributed by atoms with Crippen molar-refractivity contribution in [3.63, 3.8) is 0 Å². The molecule has 0 spiro atoms. The van der Waals surface area contributed by atoms with E-state index >= 15 is 0 Å². The molecule has 0 atom stereocenters. The summed E-state index contributed by atoms with van der Waals surface area (Å²) in [7, 11) is 0. The molecule has 0 fully saturated rings. The van der Waals surface area contributed by atoms with Gasteiger partial charge in [0.25, 0.3) is 0 Å². The smallest absolute Gasteiger partial charge is 0.165 e. The number of ether oxygens (including phenoxy) is 2. The highest BCUT2D eigenvalue weighted by Gasteiger charge is 2.21. The maximum absolute atomic E-state index is 14.2. The first-order valence-corrected chi connectivity index (χ1v) is 10.8. The van der Waals surface area contributed by atoms with Crippen LogP contribution in [0.4, 0.5) is 4.39 Å². The van der Waals surface area contributed by atoms with Gasteiger partial charge in [0.05, 0.1) is 13.2 Å². The van der Waals surface area contributed by atoms with E-state index in [1.807, 2.05) is 36.4 Å². The van der Waals surface area contributed by atoms with E-state index < -0.39 is 5.82 Å². The van der Waals surface area contributed by atoms with Crippen molar-refractivity contribution in [2.75, 3.05) is 6.61 Å². The van der Waals surface area contributed by atoms with Crippen molar-refractivity contribution in [1.29, 1.82) is 0 Å². The molecule has 0 heterocycles. The Bertz CT molecular complexity index is 1140. The lowest BCUT2D eigenvalue weighted by Crippen LogP contribution is -2.24. The molecule has 0 aliphatic carbocycles. The molecule has 0 aliphatic rings. The summed E-state index contributed by atoms with van der Waals surface area (Å²) in [5.74, 6) is 0.411. The normalized spacial score (nSPS) is 11.3. The predicted octanol–water partition coefficient (Wildman–Crippen LogP) is 7.78. The first-order valence-electron chi connectivity index (χ1n) is 10.8. The minimum Gasteiger partial charge on any atom is -0.454 e. The van der Waals surface area contributed by atoms with Gasteiger partial charge in [-0.15, -0.1) is 0 Å². The lowest BCUT2D eigenvalue weighted by Gasteiger charge is -2.25. The van der Waals surface area contributed by atoms with Gasteiger partial charge in [-0.3, -0.25) is 0 Å². The van der Waals surface area contributed by atoms with Crippen molar-refractivity contribution in [2.24, 2.45) is 0 Å². The Hall–Kier alpha value is -3.43. The summed E-state index contributed by atoms with van der Waals surface area (Å²) in [6, 6.07) is 33.0. The van der Waals surface area contributed by atoms with Crippen LogP contribution < -0.4 is 4.74 Å². The zero-order valence-corrected chi connectivity index (χ0v) is 18.4. The second kappa shape index (κ2) is 9.80. The lowest BCUT2D eigenvalue weighted by molar-refractivity contribution is 0.0823. The average Bonchev–Trinajstić information content (AvgIpc) is 2.82. The molecule has 4 rings (SSSR count). The van der Waals surface area contributed by atoms with E-state index in [0.29, 0.717) is 19.0 Å². The first kappa shape index (κ1) is 21.8. The molecular formula is C29H27FO2. The number of hydrogen-bond donors (Lipinski definition) is 0. The fourth-order valence-corrected chi connectivity index (χ4v) is 3.58. The van der Waals surface area contributed by atoms with E-state index in [1.54, 1.807) is 24.3 Å². The van der Waals surface area contributed by atoms with Crippen LogP contribution in [-0.2, 0) is 16.8 Å². The Labute approximate surface area is 189 Å². The van der Waals surface area contributed by atoms with Gasteiger partial charge in [0.1, 0.15) is 5.75 Å². The van der Waals surface area contributed by atoms with E-state index in [-0.39, 0.29) is 11.2 Å². The molecule has 0 unspecified atom stereocenters. The summed E-state index contributed by atoms with van der Waals surface area (Å²) in [5, 5.41) is 0. The first-order chi connectivity index (χ1) is 15.5. The van der Waals surface area contributed by atoms with E-state index in [0.717, 1.165) is 5.56 Å². The molecule has 0 bridgehead atoms. The largest absolute Gasteiger partial charge is 0.454 e. The monoisotopic (exact) mass is 426 g/mol. The molecule has 4 aromatic carbocycles. The Morgan fingerprint density at radius 3 is 2.03 bits per heavy atom. The van der Waals surface area contributed by atoms with Gasteiger partial charge in [-0.1, -0.05) is 92.7 Å². The van der Waals surface area contributed by atoms with Crippen molar-refractivity contribution in [3.05, 3.63) is 120 Å². The van der Waals surface area contributed by atoms with Crippen LogP contribution >= 0.6 is 0 Å². The third kappa shape index (κ3) is 5.43. The Kier molecular flexibility index (Phi) is 6.67. The molecule has 0 amide bonds. The SMILES string of the molecule is CC(C)(COCc1ccc(F)c(Oc2ccccc2)c1)c1ccc(-c2ccccc2)cc1. The van der Waals surface area contributed by atoms with Crippen molar-refractivity contribution in [3.8, 4) is 22.6 Å². The van der Waals surface area contributed by atoms with Crippen molar-refractivity contribution >= 4 is 0 Å². The number of para-hydroxylation sites is 1. The molecule has 32 heavy (non-hydrogen) atoms. The minimum absolute atomic E-state index is 0.154. The van der Waals surface area contributed by atoms with Gasteiger partial charge in [-0.05, 0) is 46.5 Å². The van der Waals surface area contributed by atoms with Crippen molar-refractivity contribution < 1.29 is 13.9 Å². The van der Waals surface area contributed by atoms with Crippen LogP contribution in [0.2, 0.25) is 0 Å². The third-order valence-corrected chi connectivity index (χ3v) is 5.47. The van der Waals surface area contributed by atoms with E-state index in [9.17, 15) is 4.39 Å². The summed E-state index contributed by atoms with van der Waals surface area (Å²) >= 11 is 0. The molecule has 0 saturated heterocycles. The quantitative estimate of drug-likeness (QED) is 0.286. The molecule has 2 nitrogen and oxygen atoms in total. The van der Waals surface area contributed by atoms with Crippen LogP contribution in [-0.4, -0.2) is 6.61 Å². The van der Waals surface area contributed by atoms with Crippen LogP contribution in [0.1, 0.15) is 25.0 Å². The van der Waals surface area contributed by atoms with Crippen molar-refractivity contribution in [1.82, 2.24) is 0 Å². The minimum atomic E-state index is -0.392. The van der Waals surface area contributed by atoms with Gasteiger partial charge in [0.2, 0.25) is 0 Å². The Balaban J connectivity index is 1.37. The zero-order chi connectivity index (χ0) is 22.4. The van der Waals surface area contributed by atoms with Gasteiger partial charge in [-0.25, -0.2) is 4.39 Å². The Morgan fingerprint density at radius 2 is 1.34 bits per heavy atom. The highest BCUT2D eigenvalue weighted by atomic mass is 19.1. The predicted molar refractivity (Wildman–Crippen MR) is 127 cm³/mol. The maximum Gasteiger partial charge on any atom is 0.165 e. The number of benzene rings is 4. The highest BCUT2D eigenvalue weighted by Crippen LogP contribution is 2.29. The fourth-order valence-electron chi connectivity index (χ4n) is 3.58. The topological polar surface area (TPSA) is 18.5 Å². The molecule has 0 radical (unpaired) electrons. The molecule has 3 heteroatoms. The van der Waals surface area contributed by atoms with E-state index in [2.05, 4.69) is 50.2 Å². The number of halogens is 1. The number of hydrogen-bond acceptors (Lipinski definition) is 2. The van der Waals surface area contributed by atoms with Crippen LogP contribution in [0.5, 0.6) is 11.5 Å². The zero-order valence-electron chi connectivity index (χ0n) is 18.4. The number of rotatable bonds is 8. The second-order valence-electron chi connectivity index (χ2n) is 8.50. The summed E-state index contributed by atoms with van der Waals surface area (Å²) in [6.07, 6.45) is 0. The fraction of sp³-hybridized carbons (Fsp3) is 0.172. The van der Waals surface area contributed by atoms with Gasteiger partial charge < -0.3 is 9.47 Å². The summed E-state index contributed by atoms with van der Waals surface area (Å²) in [4.78, 5) is 0.